The van der Waals surface area contributed by atoms with Crippen LogP contribution in [0.5, 0.6) is 0 Å². The molecule has 0 radical (unpaired) electrons. The monoisotopic (exact) mass is 377 g/mol. The van der Waals surface area contributed by atoms with Crippen LogP contribution in [0.1, 0.15) is 5.56 Å². The summed E-state index contributed by atoms with van der Waals surface area (Å²) >= 11 is 0. The Balaban J connectivity index is 2.28. The number of aliphatic hydroxyl groups is 4. The van der Waals surface area contributed by atoms with Gasteiger partial charge in [-0.2, -0.15) is 4.98 Å². The lowest BCUT2D eigenvalue weighted by molar-refractivity contribution is -0.0802. The van der Waals surface area contributed by atoms with Gasteiger partial charge in [-0.3, -0.25) is 9.78 Å². The molecule has 11 heteroatoms. The summed E-state index contributed by atoms with van der Waals surface area (Å²) in [5, 5.41) is 38.7. The third-order valence-electron chi connectivity index (χ3n) is 4.34. The average Bonchev–Trinajstić information content (AvgIpc) is 2.62. The predicted molar refractivity (Wildman–Crippen MR) is 95.3 cm³/mol. The molecule has 0 spiro atoms. The molecule has 0 bridgehead atoms. The summed E-state index contributed by atoms with van der Waals surface area (Å²) in [5.41, 5.74) is 6.02. The van der Waals surface area contributed by atoms with Crippen LogP contribution in [0.2, 0.25) is 0 Å². The van der Waals surface area contributed by atoms with Crippen molar-refractivity contribution in [1.82, 2.24) is 19.5 Å². The highest BCUT2D eigenvalue weighted by Crippen LogP contribution is 2.25. The summed E-state index contributed by atoms with van der Waals surface area (Å²) in [7, 11) is 0. The minimum Gasteiger partial charge on any atom is -0.398 e. The predicted octanol–water partition coefficient (Wildman–Crippen LogP) is -2.45. The van der Waals surface area contributed by atoms with Gasteiger partial charge in [0.15, 0.2) is 11.5 Å². The molecule has 0 amide bonds. The van der Waals surface area contributed by atoms with E-state index in [1.807, 2.05) is 4.98 Å². The van der Waals surface area contributed by atoms with Gasteiger partial charge in [0.2, 0.25) is 0 Å². The SMILES string of the molecule is Cc1cc2nc3c(=O)[nH]c(=O)nc-3n(C[C@H](O)[C@H](O)C(O)CO)c2cc1N. The molecule has 0 saturated heterocycles. The average molecular weight is 377 g/mol. The first-order valence-corrected chi connectivity index (χ1v) is 8.08. The molecule has 7 N–H and O–H groups in total. The lowest BCUT2D eigenvalue weighted by Crippen LogP contribution is -2.42. The maximum Gasteiger partial charge on any atom is 0.349 e. The number of nitrogen functional groups attached to an aromatic ring is 1. The zero-order chi connectivity index (χ0) is 19.9. The second kappa shape index (κ2) is 7.04. The lowest BCUT2D eigenvalue weighted by atomic mass is 10.1. The van der Waals surface area contributed by atoms with Crippen molar-refractivity contribution < 1.29 is 20.4 Å². The first-order valence-electron chi connectivity index (χ1n) is 8.08. The summed E-state index contributed by atoms with van der Waals surface area (Å²) in [5.74, 6) is -0.107. The van der Waals surface area contributed by atoms with Crippen LogP contribution in [0.3, 0.4) is 0 Å². The number of aryl methyl sites for hydroxylation is 1. The Kier molecular flexibility index (Phi) is 4.93. The fourth-order valence-electron chi connectivity index (χ4n) is 2.81. The number of nitrogens with two attached hydrogens (primary N) is 1. The standard InChI is InChI=1S/C16H19N5O6/c1-6-2-8-9(3-7(6)17)21(4-10(23)13(25)11(24)5-22)14-12(18-8)15(26)20-16(27)19-14/h2-3,10-11,13,22-25H,4-5,17H2,1H3,(H,20,26,27)/t10-,11?,13-/m0/s1. The van der Waals surface area contributed by atoms with E-state index in [4.69, 9.17) is 10.8 Å². The Labute approximate surface area is 151 Å². The van der Waals surface area contributed by atoms with Gasteiger partial charge >= 0.3 is 5.69 Å². The number of benzene rings is 1. The number of aromatic amines is 1. The van der Waals surface area contributed by atoms with Gasteiger partial charge in [-0.25, -0.2) is 9.78 Å². The molecule has 27 heavy (non-hydrogen) atoms. The van der Waals surface area contributed by atoms with E-state index in [0.29, 0.717) is 22.3 Å². The fourth-order valence-corrected chi connectivity index (χ4v) is 2.81. The number of H-pyrrole nitrogens is 1. The van der Waals surface area contributed by atoms with Crippen molar-refractivity contribution in [2.75, 3.05) is 12.3 Å². The van der Waals surface area contributed by atoms with Crippen LogP contribution in [0.4, 0.5) is 5.69 Å². The molecule has 0 aliphatic carbocycles. The Morgan fingerprint density at radius 3 is 2.56 bits per heavy atom. The fraction of sp³-hybridized carbons (Fsp3) is 0.375. The highest BCUT2D eigenvalue weighted by molar-refractivity contribution is 5.83. The van der Waals surface area contributed by atoms with Crippen molar-refractivity contribution in [3.8, 4) is 11.5 Å². The zero-order valence-corrected chi connectivity index (χ0v) is 14.3. The van der Waals surface area contributed by atoms with Crippen LogP contribution >= 0.6 is 0 Å². The summed E-state index contributed by atoms with van der Waals surface area (Å²) in [6.07, 6.45) is -4.78. The summed E-state index contributed by atoms with van der Waals surface area (Å²) in [4.78, 5) is 33.8. The number of aliphatic hydroxyl groups excluding tert-OH is 4. The van der Waals surface area contributed by atoms with Crippen molar-refractivity contribution in [3.05, 3.63) is 38.5 Å². The molecule has 0 aromatic heterocycles. The number of nitrogens with one attached hydrogen (secondary N) is 1. The third kappa shape index (κ3) is 3.40. The largest absolute Gasteiger partial charge is 0.398 e. The molecule has 1 aromatic rings. The minimum atomic E-state index is -1.67. The molecule has 0 fully saturated rings. The van der Waals surface area contributed by atoms with Gasteiger partial charge < -0.3 is 30.7 Å². The first kappa shape index (κ1) is 18.9. The smallest absolute Gasteiger partial charge is 0.349 e. The van der Waals surface area contributed by atoms with Crippen LogP contribution in [-0.4, -0.2) is 64.9 Å². The molecule has 3 atom stereocenters. The number of fused-ring (bicyclic) bond motifs is 2. The molecular weight excluding hydrogens is 358 g/mol. The maximum absolute atomic E-state index is 12.1. The second-order valence-electron chi connectivity index (χ2n) is 6.27. The number of nitrogens with zero attached hydrogens (tertiary/aromatic N) is 3. The maximum atomic E-state index is 12.1. The van der Waals surface area contributed by atoms with E-state index in [0.717, 1.165) is 0 Å². The van der Waals surface area contributed by atoms with Gasteiger partial charge in [0, 0.05) is 5.69 Å². The zero-order valence-electron chi connectivity index (χ0n) is 14.3. The van der Waals surface area contributed by atoms with E-state index in [9.17, 15) is 24.9 Å². The number of anilines is 1. The van der Waals surface area contributed by atoms with E-state index in [1.54, 1.807) is 19.1 Å². The highest BCUT2D eigenvalue weighted by atomic mass is 16.4. The molecule has 2 heterocycles. The van der Waals surface area contributed by atoms with E-state index in [2.05, 4.69) is 9.97 Å². The number of aromatic nitrogens is 4. The molecular formula is C16H19N5O6. The van der Waals surface area contributed by atoms with Crippen molar-refractivity contribution in [1.29, 1.82) is 0 Å². The number of hydrogen-bond donors (Lipinski definition) is 6. The van der Waals surface area contributed by atoms with Crippen LogP contribution in [0.25, 0.3) is 22.6 Å². The molecule has 2 aliphatic rings. The minimum absolute atomic E-state index is 0.107. The van der Waals surface area contributed by atoms with E-state index < -0.39 is 36.2 Å². The highest BCUT2D eigenvalue weighted by Gasteiger charge is 2.27. The van der Waals surface area contributed by atoms with E-state index in [1.165, 1.54) is 4.57 Å². The van der Waals surface area contributed by atoms with Gasteiger partial charge in [-0.15, -0.1) is 0 Å². The van der Waals surface area contributed by atoms with Crippen molar-refractivity contribution in [2.45, 2.75) is 31.8 Å². The van der Waals surface area contributed by atoms with Crippen molar-refractivity contribution >= 4 is 16.7 Å². The number of rotatable bonds is 5. The van der Waals surface area contributed by atoms with E-state index in [-0.39, 0.29) is 18.1 Å². The van der Waals surface area contributed by atoms with Gasteiger partial charge in [-0.1, -0.05) is 0 Å². The Morgan fingerprint density at radius 1 is 1.19 bits per heavy atom. The summed E-state index contributed by atoms with van der Waals surface area (Å²) in [6, 6.07) is 3.18. The van der Waals surface area contributed by atoms with Gasteiger partial charge in [0.05, 0.1) is 24.2 Å². The Morgan fingerprint density at radius 2 is 1.89 bits per heavy atom. The lowest BCUT2D eigenvalue weighted by Gasteiger charge is -2.25. The molecule has 1 unspecified atom stereocenters. The molecule has 1 aromatic carbocycles. The Hall–Kier alpha value is -2.86. The van der Waals surface area contributed by atoms with Crippen LogP contribution in [0.15, 0.2) is 21.7 Å². The number of hydrogen-bond acceptors (Lipinski definition) is 9. The molecule has 0 saturated carbocycles. The van der Waals surface area contributed by atoms with Crippen molar-refractivity contribution in [2.24, 2.45) is 0 Å². The van der Waals surface area contributed by atoms with Gasteiger partial charge in [0.25, 0.3) is 5.56 Å². The normalized spacial score (nSPS) is 15.1. The molecule has 3 rings (SSSR count). The molecule has 11 nitrogen and oxygen atoms in total. The van der Waals surface area contributed by atoms with Crippen LogP contribution < -0.4 is 17.0 Å². The second-order valence-corrected chi connectivity index (χ2v) is 6.27. The van der Waals surface area contributed by atoms with Crippen molar-refractivity contribution in [3.63, 3.8) is 0 Å². The Bertz CT molecular complexity index is 1080. The topological polar surface area (TPSA) is 188 Å². The van der Waals surface area contributed by atoms with Gasteiger partial charge in [0.1, 0.15) is 18.3 Å². The van der Waals surface area contributed by atoms with Crippen LogP contribution in [0, 0.1) is 6.92 Å². The van der Waals surface area contributed by atoms with Gasteiger partial charge in [-0.05, 0) is 24.6 Å². The quantitative estimate of drug-likeness (QED) is 0.207. The summed E-state index contributed by atoms with van der Waals surface area (Å²) in [6.45, 7) is 0.659. The van der Waals surface area contributed by atoms with Crippen LogP contribution in [-0.2, 0) is 6.54 Å². The molecule has 144 valence electrons. The summed E-state index contributed by atoms with van der Waals surface area (Å²) < 4.78 is 1.32. The van der Waals surface area contributed by atoms with E-state index >= 15 is 0 Å². The first-order chi connectivity index (χ1) is 12.7. The molecule has 2 aliphatic heterocycles. The third-order valence-corrected chi connectivity index (χ3v) is 4.34.